The minimum Gasteiger partial charge on any atom is -0.357 e. The van der Waals surface area contributed by atoms with E-state index in [1.54, 1.807) is 23.1 Å². The molecular formula is C15H16N4S2. The Kier molecular flexibility index (Phi) is 3.98. The van der Waals surface area contributed by atoms with E-state index in [-0.39, 0.29) is 0 Å². The Balaban J connectivity index is 2.10. The van der Waals surface area contributed by atoms with Crippen molar-refractivity contribution in [1.29, 1.82) is 0 Å². The Labute approximate surface area is 132 Å². The van der Waals surface area contributed by atoms with Gasteiger partial charge in [0.1, 0.15) is 10.6 Å². The molecule has 108 valence electrons. The van der Waals surface area contributed by atoms with Crippen LogP contribution in [0.15, 0.2) is 35.2 Å². The van der Waals surface area contributed by atoms with Crippen LogP contribution in [-0.4, -0.2) is 23.3 Å². The maximum absolute atomic E-state index is 4.57. The summed E-state index contributed by atoms with van der Waals surface area (Å²) in [4.78, 5) is 12.5. The molecule has 0 saturated carbocycles. The number of thioether (sulfide) groups is 1. The van der Waals surface area contributed by atoms with Gasteiger partial charge in [-0.25, -0.2) is 4.98 Å². The minimum absolute atomic E-state index is 0.633. The van der Waals surface area contributed by atoms with Gasteiger partial charge in [0.2, 0.25) is 5.95 Å². The number of aryl methyl sites for hydroxylation is 1. The minimum atomic E-state index is 0.633. The smallest absolute Gasteiger partial charge is 0.225 e. The SMILES string of the molecule is CNc1nc(Nc2ccccc2SC)c2cc(C)sc2n1. The van der Waals surface area contributed by atoms with Gasteiger partial charge >= 0.3 is 0 Å². The number of hydrogen-bond donors (Lipinski definition) is 2. The van der Waals surface area contributed by atoms with Gasteiger partial charge in [-0.3, -0.25) is 0 Å². The first kappa shape index (κ1) is 14.2. The Hall–Kier alpha value is -1.79. The van der Waals surface area contributed by atoms with Crippen LogP contribution in [0.4, 0.5) is 17.5 Å². The number of para-hydroxylation sites is 1. The molecule has 0 bridgehead atoms. The fourth-order valence-electron chi connectivity index (χ4n) is 2.12. The summed E-state index contributed by atoms with van der Waals surface area (Å²) in [6.45, 7) is 2.09. The van der Waals surface area contributed by atoms with E-state index in [9.17, 15) is 0 Å². The van der Waals surface area contributed by atoms with Crippen molar-refractivity contribution in [3.63, 3.8) is 0 Å². The fourth-order valence-corrected chi connectivity index (χ4v) is 3.56. The van der Waals surface area contributed by atoms with Crippen LogP contribution in [0.25, 0.3) is 10.2 Å². The largest absolute Gasteiger partial charge is 0.357 e. The molecule has 6 heteroatoms. The summed E-state index contributed by atoms with van der Waals surface area (Å²) >= 11 is 3.40. The van der Waals surface area contributed by atoms with Crippen LogP contribution in [0.5, 0.6) is 0 Å². The van der Waals surface area contributed by atoms with Crippen molar-refractivity contribution >= 4 is 50.8 Å². The Morgan fingerprint density at radius 3 is 2.76 bits per heavy atom. The summed E-state index contributed by atoms with van der Waals surface area (Å²) < 4.78 is 0. The Bertz CT molecular complexity index is 782. The molecule has 0 saturated heterocycles. The van der Waals surface area contributed by atoms with Crippen LogP contribution < -0.4 is 10.6 Å². The van der Waals surface area contributed by atoms with Crippen LogP contribution in [-0.2, 0) is 0 Å². The molecule has 0 aliphatic heterocycles. The molecule has 3 aromatic rings. The van der Waals surface area contributed by atoms with Gasteiger partial charge in [-0.2, -0.15) is 4.98 Å². The van der Waals surface area contributed by atoms with Crippen LogP contribution in [0, 0.1) is 6.92 Å². The topological polar surface area (TPSA) is 49.8 Å². The average Bonchev–Trinajstić information content (AvgIpc) is 2.88. The number of anilines is 3. The third kappa shape index (κ3) is 2.82. The number of benzene rings is 1. The van der Waals surface area contributed by atoms with Crippen molar-refractivity contribution < 1.29 is 0 Å². The average molecular weight is 316 g/mol. The number of nitrogens with one attached hydrogen (secondary N) is 2. The molecule has 2 aromatic heterocycles. The van der Waals surface area contributed by atoms with Crippen LogP contribution in [0.3, 0.4) is 0 Å². The molecule has 0 unspecified atom stereocenters. The summed E-state index contributed by atoms with van der Waals surface area (Å²) in [6.07, 6.45) is 2.07. The summed E-state index contributed by atoms with van der Waals surface area (Å²) in [5.74, 6) is 1.48. The first-order valence-corrected chi connectivity index (χ1v) is 8.61. The van der Waals surface area contributed by atoms with Crippen molar-refractivity contribution in [3.05, 3.63) is 35.2 Å². The van der Waals surface area contributed by atoms with Crippen LogP contribution >= 0.6 is 23.1 Å². The Morgan fingerprint density at radius 2 is 2.00 bits per heavy atom. The van der Waals surface area contributed by atoms with Gasteiger partial charge in [-0.15, -0.1) is 23.1 Å². The van der Waals surface area contributed by atoms with Gasteiger partial charge in [0.05, 0.1) is 11.1 Å². The standard InChI is InChI=1S/C15H16N4S2/c1-9-8-10-13(18-15(16-2)19-14(10)21-9)17-11-6-4-5-7-12(11)20-3/h4-8H,1-3H3,(H2,16,17,18,19). The summed E-state index contributed by atoms with van der Waals surface area (Å²) in [5, 5.41) is 7.53. The molecule has 0 aliphatic carbocycles. The van der Waals surface area contributed by atoms with E-state index in [1.807, 2.05) is 19.2 Å². The highest BCUT2D eigenvalue weighted by atomic mass is 32.2. The highest BCUT2D eigenvalue weighted by molar-refractivity contribution is 7.98. The third-order valence-corrected chi connectivity index (χ3v) is 4.84. The van der Waals surface area contributed by atoms with Gasteiger partial charge < -0.3 is 10.6 Å². The molecule has 0 atom stereocenters. The molecule has 0 fully saturated rings. The summed E-state index contributed by atoms with van der Waals surface area (Å²) in [7, 11) is 1.83. The van der Waals surface area contributed by atoms with Crippen molar-refractivity contribution in [2.75, 3.05) is 23.9 Å². The van der Waals surface area contributed by atoms with E-state index in [1.165, 1.54) is 9.77 Å². The quantitative estimate of drug-likeness (QED) is 0.694. The van der Waals surface area contributed by atoms with Crippen LogP contribution in [0.2, 0.25) is 0 Å². The first-order chi connectivity index (χ1) is 10.2. The molecule has 2 N–H and O–H groups in total. The molecular weight excluding hydrogens is 300 g/mol. The molecule has 0 aliphatic rings. The van der Waals surface area contributed by atoms with Crippen molar-refractivity contribution in [2.45, 2.75) is 11.8 Å². The van der Waals surface area contributed by atoms with Gasteiger partial charge in [0.25, 0.3) is 0 Å². The number of hydrogen-bond acceptors (Lipinski definition) is 6. The highest BCUT2D eigenvalue weighted by Gasteiger charge is 2.11. The van der Waals surface area contributed by atoms with E-state index in [0.717, 1.165) is 21.7 Å². The Morgan fingerprint density at radius 1 is 1.19 bits per heavy atom. The van der Waals surface area contributed by atoms with E-state index in [4.69, 9.17) is 0 Å². The number of rotatable bonds is 4. The number of nitrogens with zero attached hydrogens (tertiary/aromatic N) is 2. The van der Waals surface area contributed by atoms with E-state index in [2.05, 4.69) is 52.0 Å². The van der Waals surface area contributed by atoms with Crippen molar-refractivity contribution in [2.24, 2.45) is 0 Å². The number of aromatic nitrogens is 2. The van der Waals surface area contributed by atoms with Crippen molar-refractivity contribution in [1.82, 2.24) is 9.97 Å². The van der Waals surface area contributed by atoms with E-state index in [0.29, 0.717) is 5.95 Å². The lowest BCUT2D eigenvalue weighted by Crippen LogP contribution is -2.01. The van der Waals surface area contributed by atoms with Gasteiger partial charge in [0, 0.05) is 16.8 Å². The third-order valence-electron chi connectivity index (χ3n) is 3.10. The molecule has 21 heavy (non-hydrogen) atoms. The van der Waals surface area contributed by atoms with Gasteiger partial charge in [0.15, 0.2) is 0 Å². The number of thiophene rings is 1. The van der Waals surface area contributed by atoms with Crippen LogP contribution in [0.1, 0.15) is 4.88 Å². The molecule has 0 radical (unpaired) electrons. The zero-order valence-electron chi connectivity index (χ0n) is 12.1. The fraction of sp³-hybridized carbons (Fsp3) is 0.200. The summed E-state index contributed by atoms with van der Waals surface area (Å²) in [5.41, 5.74) is 1.07. The number of fused-ring (bicyclic) bond motifs is 1. The zero-order chi connectivity index (χ0) is 14.8. The summed E-state index contributed by atoms with van der Waals surface area (Å²) in [6, 6.07) is 10.4. The second-order valence-electron chi connectivity index (χ2n) is 4.55. The molecule has 0 amide bonds. The second kappa shape index (κ2) is 5.91. The van der Waals surface area contributed by atoms with E-state index < -0.39 is 0 Å². The predicted molar refractivity (Wildman–Crippen MR) is 93.2 cm³/mol. The molecule has 4 nitrogen and oxygen atoms in total. The van der Waals surface area contributed by atoms with Gasteiger partial charge in [-0.05, 0) is 31.4 Å². The first-order valence-electron chi connectivity index (χ1n) is 6.57. The monoisotopic (exact) mass is 316 g/mol. The van der Waals surface area contributed by atoms with Crippen molar-refractivity contribution in [3.8, 4) is 0 Å². The molecule has 2 heterocycles. The normalized spacial score (nSPS) is 10.8. The lowest BCUT2D eigenvalue weighted by molar-refractivity contribution is 1.20. The second-order valence-corrected chi connectivity index (χ2v) is 6.63. The lowest BCUT2D eigenvalue weighted by atomic mass is 10.3. The highest BCUT2D eigenvalue weighted by Crippen LogP contribution is 2.33. The van der Waals surface area contributed by atoms with Gasteiger partial charge in [-0.1, -0.05) is 12.1 Å². The predicted octanol–water partition coefficient (Wildman–Crippen LogP) is 4.51. The zero-order valence-corrected chi connectivity index (χ0v) is 13.7. The maximum atomic E-state index is 4.57. The molecule has 0 spiro atoms. The molecule has 3 rings (SSSR count). The molecule has 1 aromatic carbocycles. The van der Waals surface area contributed by atoms with E-state index >= 15 is 0 Å². The lowest BCUT2D eigenvalue weighted by Gasteiger charge is -2.11. The maximum Gasteiger partial charge on any atom is 0.225 e.